The van der Waals surface area contributed by atoms with Crippen LogP contribution in [0.25, 0.3) is 21.6 Å². The maximum Gasteiger partial charge on any atom is 0.273 e. The van der Waals surface area contributed by atoms with E-state index >= 15 is 0 Å². The molecule has 1 aliphatic rings. The normalized spacial score (nSPS) is 16.3. The SMILES string of the molecule is CCOCCN(c1cccc2cc(-c3ncc(CN4CCC(NC(C)=O)C4)s3)[nH]c12)S(=O)(=O)c1cccs1. The van der Waals surface area contributed by atoms with Gasteiger partial charge in [0.25, 0.3) is 10.0 Å². The molecule has 5 rings (SSSR count). The summed E-state index contributed by atoms with van der Waals surface area (Å²) in [6, 6.07) is 11.3. The minimum Gasteiger partial charge on any atom is -0.380 e. The number of ether oxygens (including phenoxy) is 1. The summed E-state index contributed by atoms with van der Waals surface area (Å²) in [5.41, 5.74) is 2.17. The number of H-pyrrole nitrogens is 1. The van der Waals surface area contributed by atoms with Crippen LogP contribution in [0.3, 0.4) is 0 Å². The van der Waals surface area contributed by atoms with Crippen LogP contribution < -0.4 is 9.62 Å². The molecule has 202 valence electrons. The Labute approximate surface area is 230 Å². The number of rotatable bonds is 11. The van der Waals surface area contributed by atoms with Crippen molar-refractivity contribution in [3.05, 3.63) is 52.9 Å². The van der Waals surface area contributed by atoms with E-state index in [2.05, 4.69) is 20.2 Å². The van der Waals surface area contributed by atoms with Crippen LogP contribution in [0.5, 0.6) is 0 Å². The standard InChI is InChI=1S/C26H31N5O4S3/c1-3-35-12-11-31(38(33,34)24-8-5-13-36-24)23-7-4-6-19-14-22(29-25(19)23)26-27-15-21(37-26)17-30-10-9-20(16-30)28-18(2)32/h4-8,13-15,20,29H,3,9-12,16-17H2,1-2H3,(H,28,32). The van der Waals surface area contributed by atoms with E-state index in [1.807, 2.05) is 37.4 Å². The number of nitrogens with zero attached hydrogens (tertiary/aromatic N) is 3. The summed E-state index contributed by atoms with van der Waals surface area (Å²) in [5, 5.41) is 6.53. The second-order valence-electron chi connectivity index (χ2n) is 9.18. The Morgan fingerprint density at radius 1 is 1.32 bits per heavy atom. The molecule has 9 nitrogen and oxygen atoms in total. The summed E-state index contributed by atoms with van der Waals surface area (Å²) in [7, 11) is -3.75. The molecule has 1 unspecified atom stereocenters. The van der Waals surface area contributed by atoms with Crippen molar-refractivity contribution in [1.29, 1.82) is 0 Å². The largest absolute Gasteiger partial charge is 0.380 e. The number of aromatic amines is 1. The highest BCUT2D eigenvalue weighted by Crippen LogP contribution is 2.35. The molecule has 1 saturated heterocycles. The number of aromatic nitrogens is 2. The number of fused-ring (bicyclic) bond motifs is 1. The monoisotopic (exact) mass is 573 g/mol. The number of benzene rings is 1. The average Bonchev–Trinajstić information content (AvgIpc) is 3.68. The lowest BCUT2D eigenvalue weighted by Crippen LogP contribution is -2.35. The minimum absolute atomic E-state index is 0.00903. The van der Waals surface area contributed by atoms with Crippen LogP contribution >= 0.6 is 22.7 Å². The Morgan fingerprint density at radius 2 is 2.18 bits per heavy atom. The lowest BCUT2D eigenvalue weighted by molar-refractivity contribution is -0.119. The minimum atomic E-state index is -3.75. The van der Waals surface area contributed by atoms with Gasteiger partial charge in [-0.05, 0) is 36.9 Å². The van der Waals surface area contributed by atoms with Gasteiger partial charge in [0.15, 0.2) is 0 Å². The molecule has 0 bridgehead atoms. The van der Waals surface area contributed by atoms with Crippen LogP contribution in [0.4, 0.5) is 5.69 Å². The van der Waals surface area contributed by atoms with Crippen molar-refractivity contribution in [3.63, 3.8) is 0 Å². The van der Waals surface area contributed by atoms with Gasteiger partial charge >= 0.3 is 0 Å². The number of thiazole rings is 1. The van der Waals surface area contributed by atoms with Gasteiger partial charge in [0.2, 0.25) is 5.91 Å². The number of hydrogen-bond donors (Lipinski definition) is 2. The zero-order valence-corrected chi connectivity index (χ0v) is 23.8. The summed E-state index contributed by atoms with van der Waals surface area (Å²) in [5.74, 6) is 0.00903. The molecular weight excluding hydrogens is 543 g/mol. The number of anilines is 1. The first kappa shape index (κ1) is 26.8. The highest BCUT2D eigenvalue weighted by Gasteiger charge is 2.28. The summed E-state index contributed by atoms with van der Waals surface area (Å²) in [6.07, 6.45) is 2.85. The van der Waals surface area contributed by atoms with E-state index in [1.54, 1.807) is 35.8 Å². The number of carbonyl (C=O) groups excluding carboxylic acids is 1. The molecule has 3 aromatic heterocycles. The fourth-order valence-electron chi connectivity index (χ4n) is 4.75. The van der Waals surface area contributed by atoms with Crippen molar-refractivity contribution in [2.24, 2.45) is 0 Å². The molecule has 2 N–H and O–H groups in total. The predicted molar refractivity (Wildman–Crippen MR) is 152 cm³/mol. The van der Waals surface area contributed by atoms with Gasteiger partial charge in [-0.2, -0.15) is 0 Å². The molecule has 4 heterocycles. The van der Waals surface area contributed by atoms with Crippen LogP contribution in [0, 0.1) is 0 Å². The quantitative estimate of drug-likeness (QED) is 0.259. The molecule has 0 saturated carbocycles. The average molecular weight is 574 g/mol. The van der Waals surface area contributed by atoms with Gasteiger partial charge in [0, 0.05) is 55.7 Å². The first-order valence-electron chi connectivity index (χ1n) is 12.6. The molecule has 0 radical (unpaired) electrons. The fourth-order valence-corrected chi connectivity index (χ4v) is 8.24. The molecule has 1 fully saturated rings. The van der Waals surface area contributed by atoms with E-state index in [0.717, 1.165) is 52.5 Å². The maximum absolute atomic E-state index is 13.6. The van der Waals surface area contributed by atoms with Crippen LogP contribution in [-0.2, 0) is 26.1 Å². The van der Waals surface area contributed by atoms with Gasteiger partial charge in [0.1, 0.15) is 9.22 Å². The van der Waals surface area contributed by atoms with Crippen molar-refractivity contribution in [2.45, 2.75) is 37.1 Å². The van der Waals surface area contributed by atoms with Gasteiger partial charge in [-0.3, -0.25) is 14.0 Å². The van der Waals surface area contributed by atoms with Crippen LogP contribution in [0.15, 0.2) is 52.2 Å². The summed E-state index contributed by atoms with van der Waals surface area (Å²) in [4.78, 5) is 22.9. The highest BCUT2D eigenvalue weighted by atomic mass is 32.2. The molecule has 38 heavy (non-hydrogen) atoms. The molecule has 1 aliphatic heterocycles. The second kappa shape index (κ2) is 11.5. The Kier molecular flexibility index (Phi) is 8.15. The number of likely N-dealkylation sites (tertiary alicyclic amines) is 1. The lowest BCUT2D eigenvalue weighted by atomic mass is 10.2. The number of sulfonamides is 1. The second-order valence-corrected chi connectivity index (χ2v) is 13.3. The highest BCUT2D eigenvalue weighted by molar-refractivity contribution is 7.94. The molecule has 12 heteroatoms. The predicted octanol–water partition coefficient (Wildman–Crippen LogP) is 4.30. The van der Waals surface area contributed by atoms with Gasteiger partial charge in [-0.25, -0.2) is 13.4 Å². The van der Waals surface area contributed by atoms with Crippen LogP contribution in [-0.4, -0.2) is 68.1 Å². The number of nitrogens with one attached hydrogen (secondary N) is 2. The molecular formula is C26H31N5O4S3. The maximum atomic E-state index is 13.6. The number of para-hydroxylation sites is 1. The number of hydrogen-bond acceptors (Lipinski definition) is 8. The van der Waals surface area contributed by atoms with E-state index in [4.69, 9.17) is 4.74 Å². The molecule has 1 atom stereocenters. The Hall–Kier alpha value is -2.77. The van der Waals surface area contributed by atoms with Crippen molar-refractivity contribution in [1.82, 2.24) is 20.2 Å². The van der Waals surface area contributed by atoms with Crippen molar-refractivity contribution < 1.29 is 17.9 Å². The van der Waals surface area contributed by atoms with Gasteiger partial charge in [-0.1, -0.05) is 18.2 Å². The van der Waals surface area contributed by atoms with Crippen molar-refractivity contribution in [2.75, 3.05) is 37.2 Å². The van der Waals surface area contributed by atoms with Crippen molar-refractivity contribution >= 4 is 55.2 Å². The zero-order chi connectivity index (χ0) is 26.7. The fraction of sp³-hybridized carbons (Fsp3) is 0.385. The van der Waals surface area contributed by atoms with Crippen LogP contribution in [0.1, 0.15) is 25.1 Å². The zero-order valence-electron chi connectivity index (χ0n) is 21.3. The molecule has 0 spiro atoms. The van der Waals surface area contributed by atoms with E-state index in [9.17, 15) is 13.2 Å². The van der Waals surface area contributed by atoms with E-state index in [1.165, 1.54) is 15.6 Å². The molecule has 0 aliphatic carbocycles. The lowest BCUT2D eigenvalue weighted by Gasteiger charge is -2.24. The van der Waals surface area contributed by atoms with Gasteiger partial charge < -0.3 is 15.0 Å². The van der Waals surface area contributed by atoms with Crippen LogP contribution in [0.2, 0.25) is 0 Å². The Bertz CT molecular complexity index is 1500. The van der Waals surface area contributed by atoms with Crippen molar-refractivity contribution in [3.8, 4) is 10.7 Å². The number of thiophene rings is 1. The van der Waals surface area contributed by atoms with E-state index in [-0.39, 0.29) is 18.5 Å². The first-order chi connectivity index (χ1) is 18.3. The third kappa shape index (κ3) is 5.79. The van der Waals surface area contributed by atoms with Gasteiger partial charge in [-0.15, -0.1) is 22.7 Å². The van der Waals surface area contributed by atoms with Gasteiger partial charge in [0.05, 0.1) is 30.0 Å². The molecule has 4 aromatic rings. The third-order valence-electron chi connectivity index (χ3n) is 6.43. The summed E-state index contributed by atoms with van der Waals surface area (Å²) in [6.45, 7) is 7.01. The Balaban J connectivity index is 1.40. The summed E-state index contributed by atoms with van der Waals surface area (Å²) >= 11 is 2.82. The van der Waals surface area contributed by atoms with E-state index in [0.29, 0.717) is 23.1 Å². The topological polar surface area (TPSA) is 108 Å². The first-order valence-corrected chi connectivity index (χ1v) is 15.7. The molecule has 1 aromatic carbocycles. The summed E-state index contributed by atoms with van der Waals surface area (Å²) < 4.78 is 34.4. The number of amides is 1. The Morgan fingerprint density at radius 3 is 2.95 bits per heavy atom. The number of carbonyl (C=O) groups is 1. The van der Waals surface area contributed by atoms with E-state index < -0.39 is 10.0 Å². The smallest absolute Gasteiger partial charge is 0.273 e. The third-order valence-corrected chi connectivity index (χ3v) is 10.6. The molecule has 1 amide bonds.